The van der Waals surface area contributed by atoms with Crippen molar-refractivity contribution in [2.75, 3.05) is 45.5 Å². The van der Waals surface area contributed by atoms with E-state index < -0.39 is 27.5 Å². The van der Waals surface area contributed by atoms with Crippen LogP contribution in [0.15, 0.2) is 0 Å². The molecule has 0 aromatic rings. The van der Waals surface area contributed by atoms with E-state index in [9.17, 15) is 18.2 Å². The van der Waals surface area contributed by atoms with Crippen LogP contribution in [0.4, 0.5) is 4.39 Å². The van der Waals surface area contributed by atoms with Crippen LogP contribution >= 0.6 is 0 Å². The first-order valence-corrected chi connectivity index (χ1v) is 11.5. The quantitative estimate of drug-likeness (QED) is 0.596. The lowest BCUT2D eigenvalue weighted by molar-refractivity contribution is -0.135. The van der Waals surface area contributed by atoms with E-state index in [1.807, 2.05) is 19.9 Å². The molecule has 2 heterocycles. The number of amides is 2. The molecule has 2 aliphatic heterocycles. The second-order valence-corrected chi connectivity index (χ2v) is 10.6. The van der Waals surface area contributed by atoms with Gasteiger partial charge in [-0.15, -0.1) is 0 Å². The fourth-order valence-corrected chi connectivity index (χ4v) is 4.41. The summed E-state index contributed by atoms with van der Waals surface area (Å²) >= 11 is 0. The van der Waals surface area contributed by atoms with Crippen LogP contribution in [-0.2, 0) is 19.3 Å². The Morgan fingerprint density at radius 1 is 1.29 bits per heavy atom. The van der Waals surface area contributed by atoms with E-state index in [1.165, 1.54) is 4.90 Å². The third-order valence-electron chi connectivity index (χ3n) is 5.17. The van der Waals surface area contributed by atoms with Gasteiger partial charge in [0, 0.05) is 60.5 Å². The summed E-state index contributed by atoms with van der Waals surface area (Å²) in [5, 5.41) is 12.1. The number of likely N-dealkylation sites (tertiary alicyclic amines) is 1. The Kier molecular flexibility index (Phi) is 7.07. The molecule has 0 saturated carbocycles. The standard InChI is InChI=1S/C18H30FN5O3S/c1-18(2,21-12-17(26)24-13-14(19)9-15(24)11-20)10-16(25)22-5-7-23(8-6-22)28(3,4)27/h14-15,21H,3,5-10,12-13H2,1-2,4H3/t14-,15-,28?/m0/s1. The van der Waals surface area contributed by atoms with Gasteiger partial charge in [-0.1, -0.05) is 0 Å². The molecule has 2 rings (SSSR count). The zero-order chi connectivity index (χ0) is 21.1. The summed E-state index contributed by atoms with van der Waals surface area (Å²) in [6.45, 7) is 5.55. The van der Waals surface area contributed by atoms with E-state index in [1.54, 1.807) is 15.5 Å². The average molecular weight is 416 g/mol. The molecule has 28 heavy (non-hydrogen) atoms. The number of piperazine rings is 1. The van der Waals surface area contributed by atoms with Gasteiger partial charge in [-0.25, -0.2) is 8.70 Å². The molecule has 0 spiro atoms. The topological polar surface area (TPSA) is 96.8 Å². The molecule has 1 N–H and O–H groups in total. The first kappa shape index (κ1) is 22.6. The van der Waals surface area contributed by atoms with Crippen LogP contribution in [-0.4, -0.2) is 99.3 Å². The van der Waals surface area contributed by atoms with Crippen molar-refractivity contribution in [3.63, 3.8) is 0 Å². The van der Waals surface area contributed by atoms with E-state index in [2.05, 4.69) is 11.2 Å². The molecular formula is C18H30FN5O3S. The molecule has 1 unspecified atom stereocenters. The Morgan fingerprint density at radius 3 is 2.43 bits per heavy atom. The lowest BCUT2D eigenvalue weighted by Crippen LogP contribution is -2.53. The van der Waals surface area contributed by atoms with Gasteiger partial charge in [-0.3, -0.25) is 13.8 Å². The highest BCUT2D eigenvalue weighted by molar-refractivity contribution is 7.97. The largest absolute Gasteiger partial charge is 0.340 e. The van der Waals surface area contributed by atoms with Gasteiger partial charge < -0.3 is 15.1 Å². The van der Waals surface area contributed by atoms with Gasteiger partial charge in [0.05, 0.1) is 19.2 Å². The third-order valence-corrected chi connectivity index (χ3v) is 6.63. The second-order valence-electron chi connectivity index (χ2n) is 8.21. The predicted octanol–water partition coefficient (Wildman–Crippen LogP) is -0.387. The number of carbonyl (C=O) groups is 2. The van der Waals surface area contributed by atoms with Crippen LogP contribution in [0.25, 0.3) is 0 Å². The zero-order valence-corrected chi connectivity index (χ0v) is 17.6. The van der Waals surface area contributed by atoms with Crippen LogP contribution in [0, 0.1) is 11.3 Å². The second kappa shape index (κ2) is 8.76. The smallest absolute Gasteiger partial charge is 0.237 e. The van der Waals surface area contributed by atoms with E-state index in [-0.39, 0.29) is 37.7 Å². The van der Waals surface area contributed by atoms with Gasteiger partial charge in [0.15, 0.2) is 0 Å². The SMILES string of the molecule is C=S(C)(=O)N1CCN(C(=O)CC(C)(C)NCC(=O)N2C[C@@H](F)C[C@H]2C#N)CC1. The average Bonchev–Trinajstić information content (AvgIpc) is 2.99. The molecule has 2 saturated heterocycles. The zero-order valence-electron chi connectivity index (χ0n) is 16.8. The van der Waals surface area contributed by atoms with Gasteiger partial charge in [0.2, 0.25) is 11.8 Å². The summed E-state index contributed by atoms with van der Waals surface area (Å²) in [5.41, 5.74) is -0.633. The number of hydrogen-bond donors (Lipinski definition) is 1. The Balaban J connectivity index is 1.82. The van der Waals surface area contributed by atoms with E-state index >= 15 is 0 Å². The Morgan fingerprint density at radius 2 is 1.89 bits per heavy atom. The maximum atomic E-state index is 13.5. The fraction of sp³-hybridized carbons (Fsp3) is 0.778. The van der Waals surface area contributed by atoms with Crippen LogP contribution in [0.2, 0.25) is 0 Å². The number of carbonyl (C=O) groups excluding carboxylic acids is 2. The monoisotopic (exact) mass is 415 g/mol. The number of halogens is 1. The van der Waals surface area contributed by atoms with Crippen molar-refractivity contribution in [2.24, 2.45) is 0 Å². The maximum Gasteiger partial charge on any atom is 0.237 e. The Hall–Kier alpha value is -1.70. The van der Waals surface area contributed by atoms with Crippen molar-refractivity contribution in [1.82, 2.24) is 19.4 Å². The van der Waals surface area contributed by atoms with Gasteiger partial charge >= 0.3 is 0 Å². The summed E-state index contributed by atoms with van der Waals surface area (Å²) in [4.78, 5) is 27.9. The van der Waals surface area contributed by atoms with Crippen LogP contribution < -0.4 is 5.32 Å². The molecule has 0 radical (unpaired) electrons. The molecule has 0 bridgehead atoms. The molecule has 3 atom stereocenters. The lowest BCUT2D eigenvalue weighted by Gasteiger charge is -2.37. The van der Waals surface area contributed by atoms with Crippen molar-refractivity contribution in [3.8, 4) is 6.07 Å². The van der Waals surface area contributed by atoms with Crippen LogP contribution in [0.1, 0.15) is 26.7 Å². The van der Waals surface area contributed by atoms with Gasteiger partial charge in [-0.05, 0) is 19.7 Å². The van der Waals surface area contributed by atoms with Crippen molar-refractivity contribution in [2.45, 2.75) is 44.4 Å². The molecular weight excluding hydrogens is 385 g/mol. The number of hydrogen-bond acceptors (Lipinski definition) is 5. The minimum Gasteiger partial charge on any atom is -0.340 e. The number of rotatable bonds is 6. The highest BCUT2D eigenvalue weighted by Crippen LogP contribution is 2.20. The summed E-state index contributed by atoms with van der Waals surface area (Å²) in [6, 6.07) is 1.23. The highest BCUT2D eigenvalue weighted by atomic mass is 32.2. The fourth-order valence-electron chi connectivity index (χ4n) is 3.48. The van der Waals surface area contributed by atoms with Crippen molar-refractivity contribution < 1.29 is 18.2 Å². The van der Waals surface area contributed by atoms with Crippen LogP contribution in [0.3, 0.4) is 0 Å². The minimum atomic E-state index is -2.26. The third kappa shape index (κ3) is 5.90. The number of alkyl halides is 1. The molecule has 2 amide bonds. The summed E-state index contributed by atoms with van der Waals surface area (Å²) in [7, 11) is -2.26. The number of nitriles is 1. The predicted molar refractivity (Wildman–Crippen MR) is 107 cm³/mol. The Bertz CT molecular complexity index is 741. The molecule has 0 aromatic heterocycles. The minimum absolute atomic E-state index is 0.0452. The first-order chi connectivity index (χ1) is 12.9. The highest BCUT2D eigenvalue weighted by Gasteiger charge is 2.36. The molecule has 8 nitrogen and oxygen atoms in total. The van der Waals surface area contributed by atoms with E-state index in [0.29, 0.717) is 26.2 Å². The molecule has 2 aliphatic rings. The normalized spacial score (nSPS) is 26.0. The molecule has 10 heteroatoms. The van der Waals surface area contributed by atoms with E-state index in [0.717, 1.165) is 0 Å². The van der Waals surface area contributed by atoms with Gasteiger partial charge in [0.1, 0.15) is 12.2 Å². The molecule has 0 aliphatic carbocycles. The van der Waals surface area contributed by atoms with Crippen molar-refractivity contribution in [1.29, 1.82) is 5.26 Å². The summed E-state index contributed by atoms with van der Waals surface area (Å²) in [5.74, 6) is 3.29. The summed E-state index contributed by atoms with van der Waals surface area (Å²) in [6.07, 6.45) is 0.669. The van der Waals surface area contributed by atoms with Crippen LogP contribution in [0.5, 0.6) is 0 Å². The maximum absolute atomic E-state index is 13.5. The number of nitrogens with one attached hydrogen (secondary N) is 1. The lowest BCUT2D eigenvalue weighted by atomic mass is 9.99. The van der Waals surface area contributed by atoms with Crippen molar-refractivity contribution in [3.05, 3.63) is 0 Å². The Labute approximate surface area is 166 Å². The molecule has 158 valence electrons. The van der Waals surface area contributed by atoms with Gasteiger partial charge in [0.25, 0.3) is 0 Å². The summed E-state index contributed by atoms with van der Waals surface area (Å²) < 4.78 is 27.3. The molecule has 2 fully saturated rings. The first-order valence-electron chi connectivity index (χ1n) is 9.36. The van der Waals surface area contributed by atoms with Gasteiger partial charge in [-0.2, -0.15) is 5.26 Å². The number of nitrogens with zero attached hydrogens (tertiary/aromatic N) is 4. The van der Waals surface area contributed by atoms with E-state index in [4.69, 9.17) is 5.26 Å². The molecule has 0 aromatic carbocycles. The van der Waals surface area contributed by atoms with Crippen molar-refractivity contribution >= 4 is 27.4 Å².